The molecule has 0 fully saturated rings. The van der Waals surface area contributed by atoms with Crippen molar-refractivity contribution in [1.82, 2.24) is 0 Å². The second-order valence-corrected chi connectivity index (χ2v) is 3.11. The molecule has 0 amide bonds. The molecule has 3 nitrogen and oxygen atoms in total. The molecule has 0 saturated heterocycles. The summed E-state index contributed by atoms with van der Waals surface area (Å²) in [6.45, 7) is 1.57. The molecule has 0 aromatic heterocycles. The maximum absolute atomic E-state index is 13.1. The van der Waals surface area contributed by atoms with Crippen molar-refractivity contribution in [2.45, 2.75) is 13.0 Å². The number of hydrogen-bond acceptors (Lipinski definition) is 3. The van der Waals surface area contributed by atoms with Crippen LogP contribution in [0.4, 0.5) is 4.39 Å². The highest BCUT2D eigenvalue weighted by Crippen LogP contribution is 2.26. The second-order valence-electron chi connectivity index (χ2n) is 3.11. The lowest BCUT2D eigenvalue weighted by Gasteiger charge is -2.14. The lowest BCUT2D eigenvalue weighted by Crippen LogP contribution is -2.16. The van der Waals surface area contributed by atoms with Crippen LogP contribution in [0.3, 0.4) is 0 Å². The van der Waals surface area contributed by atoms with Gasteiger partial charge in [-0.3, -0.25) is 0 Å². The lowest BCUT2D eigenvalue weighted by atomic mass is 10.0. The SMILES string of the molecule is COc1cc(F)cc(C(N)CO)c1C. The number of aliphatic hydroxyl groups is 1. The van der Waals surface area contributed by atoms with Gasteiger partial charge in [0.1, 0.15) is 11.6 Å². The van der Waals surface area contributed by atoms with Crippen LogP contribution in [0, 0.1) is 12.7 Å². The Labute approximate surface area is 82.3 Å². The van der Waals surface area contributed by atoms with Crippen LogP contribution in [0.2, 0.25) is 0 Å². The molecule has 0 radical (unpaired) electrons. The third-order valence-corrected chi connectivity index (χ3v) is 2.18. The summed E-state index contributed by atoms with van der Waals surface area (Å²) < 4.78 is 18.1. The Morgan fingerprint density at radius 3 is 2.71 bits per heavy atom. The van der Waals surface area contributed by atoms with Gasteiger partial charge < -0.3 is 15.6 Å². The smallest absolute Gasteiger partial charge is 0.127 e. The Balaban J connectivity index is 3.21. The first-order chi connectivity index (χ1) is 6.60. The van der Waals surface area contributed by atoms with Gasteiger partial charge in [-0.1, -0.05) is 0 Å². The highest BCUT2D eigenvalue weighted by Gasteiger charge is 2.13. The van der Waals surface area contributed by atoms with Gasteiger partial charge in [-0.15, -0.1) is 0 Å². The first kappa shape index (κ1) is 10.9. The third kappa shape index (κ3) is 2.02. The van der Waals surface area contributed by atoms with Crippen LogP contribution >= 0.6 is 0 Å². The Hall–Kier alpha value is -1.13. The maximum atomic E-state index is 13.1. The molecule has 1 unspecified atom stereocenters. The molecule has 1 atom stereocenters. The molecule has 78 valence electrons. The van der Waals surface area contributed by atoms with E-state index in [-0.39, 0.29) is 6.61 Å². The van der Waals surface area contributed by atoms with E-state index in [1.54, 1.807) is 6.92 Å². The van der Waals surface area contributed by atoms with Crippen molar-refractivity contribution < 1.29 is 14.2 Å². The Bertz CT molecular complexity index is 328. The molecule has 14 heavy (non-hydrogen) atoms. The minimum Gasteiger partial charge on any atom is -0.496 e. The van der Waals surface area contributed by atoms with Crippen LogP contribution < -0.4 is 10.5 Å². The Morgan fingerprint density at radius 2 is 2.21 bits per heavy atom. The quantitative estimate of drug-likeness (QED) is 0.767. The Kier molecular flexibility index (Phi) is 3.43. The molecule has 3 N–H and O–H groups in total. The van der Waals surface area contributed by atoms with Crippen molar-refractivity contribution in [3.63, 3.8) is 0 Å². The Morgan fingerprint density at radius 1 is 1.57 bits per heavy atom. The standard InChI is InChI=1S/C10H14FNO2/c1-6-8(9(12)5-13)3-7(11)4-10(6)14-2/h3-4,9,13H,5,12H2,1-2H3. The van der Waals surface area contributed by atoms with Gasteiger partial charge in [0.15, 0.2) is 0 Å². The fourth-order valence-electron chi connectivity index (χ4n) is 1.37. The van der Waals surface area contributed by atoms with Gasteiger partial charge in [-0.25, -0.2) is 4.39 Å². The van der Waals surface area contributed by atoms with Crippen LogP contribution in [0.1, 0.15) is 17.2 Å². The average molecular weight is 199 g/mol. The fraction of sp³-hybridized carbons (Fsp3) is 0.400. The number of methoxy groups -OCH3 is 1. The van der Waals surface area contributed by atoms with Gasteiger partial charge in [0, 0.05) is 6.07 Å². The molecule has 0 spiro atoms. The minimum absolute atomic E-state index is 0.215. The second kappa shape index (κ2) is 4.39. The van der Waals surface area contributed by atoms with Crippen LogP contribution in [0.25, 0.3) is 0 Å². The molecule has 1 aromatic carbocycles. The monoisotopic (exact) mass is 199 g/mol. The summed E-state index contributed by atoms with van der Waals surface area (Å²) in [4.78, 5) is 0. The summed E-state index contributed by atoms with van der Waals surface area (Å²) in [5.41, 5.74) is 6.95. The predicted octanol–water partition coefficient (Wildman–Crippen LogP) is 1.13. The van der Waals surface area contributed by atoms with Crippen LogP contribution in [0.15, 0.2) is 12.1 Å². The maximum Gasteiger partial charge on any atom is 0.127 e. The van der Waals surface area contributed by atoms with E-state index in [2.05, 4.69) is 0 Å². The molecule has 0 aliphatic heterocycles. The first-order valence-electron chi connectivity index (χ1n) is 4.30. The van der Waals surface area contributed by atoms with E-state index in [1.165, 1.54) is 19.2 Å². The predicted molar refractivity (Wildman–Crippen MR) is 51.7 cm³/mol. The number of hydrogen-bond donors (Lipinski definition) is 2. The number of aliphatic hydroxyl groups excluding tert-OH is 1. The molecular formula is C10H14FNO2. The summed E-state index contributed by atoms with van der Waals surface area (Å²) in [5, 5.41) is 8.88. The van der Waals surface area contributed by atoms with Gasteiger partial charge in [0.05, 0.1) is 19.8 Å². The van der Waals surface area contributed by atoms with Crippen LogP contribution in [-0.2, 0) is 0 Å². The molecule has 0 aliphatic rings. The van der Waals surface area contributed by atoms with E-state index in [4.69, 9.17) is 15.6 Å². The average Bonchev–Trinajstić information content (AvgIpc) is 2.19. The molecule has 4 heteroatoms. The highest BCUT2D eigenvalue weighted by molar-refractivity contribution is 5.41. The lowest BCUT2D eigenvalue weighted by molar-refractivity contribution is 0.267. The number of ether oxygens (including phenoxy) is 1. The summed E-state index contributed by atoms with van der Waals surface area (Å²) in [5.74, 6) is 0.0373. The van der Waals surface area contributed by atoms with E-state index >= 15 is 0 Å². The van der Waals surface area contributed by atoms with Crippen molar-refractivity contribution in [3.05, 3.63) is 29.1 Å². The zero-order chi connectivity index (χ0) is 10.7. The van der Waals surface area contributed by atoms with Gasteiger partial charge in [-0.05, 0) is 24.1 Å². The van der Waals surface area contributed by atoms with Crippen LogP contribution in [0.5, 0.6) is 5.75 Å². The molecule has 0 saturated carbocycles. The van der Waals surface area contributed by atoms with Crippen molar-refractivity contribution >= 4 is 0 Å². The largest absolute Gasteiger partial charge is 0.496 e. The molecule has 1 aromatic rings. The van der Waals surface area contributed by atoms with Gasteiger partial charge in [-0.2, -0.15) is 0 Å². The molecular weight excluding hydrogens is 185 g/mol. The third-order valence-electron chi connectivity index (χ3n) is 2.18. The van der Waals surface area contributed by atoms with Crippen molar-refractivity contribution in [1.29, 1.82) is 0 Å². The topological polar surface area (TPSA) is 55.5 Å². The summed E-state index contributed by atoms with van der Waals surface area (Å²) >= 11 is 0. The van der Waals surface area contributed by atoms with Gasteiger partial charge in [0.2, 0.25) is 0 Å². The summed E-state index contributed by atoms with van der Waals surface area (Å²) in [7, 11) is 1.47. The van der Waals surface area contributed by atoms with Crippen molar-refractivity contribution in [3.8, 4) is 5.75 Å². The summed E-state index contributed by atoms with van der Waals surface area (Å²) in [6.07, 6.45) is 0. The van der Waals surface area contributed by atoms with E-state index in [0.717, 1.165) is 5.56 Å². The zero-order valence-electron chi connectivity index (χ0n) is 8.25. The van der Waals surface area contributed by atoms with Gasteiger partial charge >= 0.3 is 0 Å². The number of benzene rings is 1. The van der Waals surface area contributed by atoms with E-state index in [9.17, 15) is 4.39 Å². The van der Waals surface area contributed by atoms with E-state index in [1.807, 2.05) is 0 Å². The molecule has 0 bridgehead atoms. The van der Waals surface area contributed by atoms with Crippen molar-refractivity contribution in [2.75, 3.05) is 13.7 Å². The number of rotatable bonds is 3. The zero-order valence-corrected chi connectivity index (χ0v) is 8.25. The van der Waals surface area contributed by atoms with E-state index < -0.39 is 11.9 Å². The fourth-order valence-corrected chi connectivity index (χ4v) is 1.37. The highest BCUT2D eigenvalue weighted by atomic mass is 19.1. The first-order valence-corrected chi connectivity index (χ1v) is 4.30. The normalized spacial score (nSPS) is 12.6. The van der Waals surface area contributed by atoms with E-state index in [0.29, 0.717) is 11.3 Å². The van der Waals surface area contributed by atoms with Crippen molar-refractivity contribution in [2.24, 2.45) is 5.73 Å². The molecule has 0 heterocycles. The summed E-state index contributed by atoms with van der Waals surface area (Å²) in [6, 6.07) is 2.04. The molecule has 0 aliphatic carbocycles. The van der Waals surface area contributed by atoms with Gasteiger partial charge in [0.25, 0.3) is 0 Å². The minimum atomic E-state index is -0.570. The number of halogens is 1. The van der Waals surface area contributed by atoms with Crippen LogP contribution in [-0.4, -0.2) is 18.8 Å². The molecule has 1 rings (SSSR count). The number of nitrogens with two attached hydrogens (primary N) is 1.